The first-order valence-electron chi connectivity index (χ1n) is 11.8. The summed E-state index contributed by atoms with van der Waals surface area (Å²) in [6, 6.07) is 19.1. The van der Waals surface area contributed by atoms with E-state index in [1.165, 1.54) is 12.1 Å². The Morgan fingerprint density at radius 2 is 1.46 bits per heavy atom. The van der Waals surface area contributed by atoms with Crippen molar-refractivity contribution in [1.82, 2.24) is 19.7 Å². The van der Waals surface area contributed by atoms with E-state index < -0.39 is 17.5 Å². The van der Waals surface area contributed by atoms with Gasteiger partial charge in [-0.15, -0.1) is 5.10 Å². The standard InChI is InChI=1S/C27H22F3N7/c28-18-6-4-5-17(15-18)24-23-25(31)37(22-16-19(29)9-10-21(22)30)34-26(23)33-27(32-24)36-13-11-35(12-14-36)20-7-2-1-3-8-20/h1-10,15-16H,11-14,31H2. The number of rotatable bonds is 4. The number of aromatic nitrogens is 4. The highest BCUT2D eigenvalue weighted by atomic mass is 19.1. The summed E-state index contributed by atoms with van der Waals surface area (Å²) < 4.78 is 43.8. The molecule has 5 aromatic rings. The normalized spacial score (nSPS) is 13.9. The van der Waals surface area contributed by atoms with Gasteiger partial charge in [-0.1, -0.05) is 30.3 Å². The predicted octanol–water partition coefficient (Wildman–Crippen LogP) is 4.81. The van der Waals surface area contributed by atoms with Gasteiger partial charge in [0, 0.05) is 43.5 Å². The van der Waals surface area contributed by atoms with Crippen molar-refractivity contribution >= 4 is 28.5 Å². The molecule has 3 heterocycles. The maximum absolute atomic E-state index is 14.6. The Balaban J connectivity index is 1.45. The Labute approximate surface area is 210 Å². The number of fused-ring (bicyclic) bond motifs is 1. The summed E-state index contributed by atoms with van der Waals surface area (Å²) in [5.74, 6) is -1.34. The zero-order valence-electron chi connectivity index (χ0n) is 19.7. The molecule has 0 amide bonds. The maximum atomic E-state index is 14.6. The van der Waals surface area contributed by atoms with E-state index >= 15 is 0 Å². The van der Waals surface area contributed by atoms with E-state index in [-0.39, 0.29) is 17.2 Å². The highest BCUT2D eigenvalue weighted by molar-refractivity contribution is 5.99. The van der Waals surface area contributed by atoms with Crippen LogP contribution in [0.2, 0.25) is 0 Å². The van der Waals surface area contributed by atoms with Crippen molar-refractivity contribution in [2.24, 2.45) is 0 Å². The summed E-state index contributed by atoms with van der Waals surface area (Å²) in [5.41, 5.74) is 8.43. The minimum Gasteiger partial charge on any atom is -0.383 e. The van der Waals surface area contributed by atoms with Crippen LogP contribution in [0.5, 0.6) is 0 Å². The Kier molecular flexibility index (Phi) is 5.63. The fraction of sp³-hybridized carbons (Fsp3) is 0.148. The topological polar surface area (TPSA) is 76.1 Å². The third-order valence-electron chi connectivity index (χ3n) is 6.48. The molecule has 0 spiro atoms. The van der Waals surface area contributed by atoms with Gasteiger partial charge in [-0.3, -0.25) is 0 Å². The maximum Gasteiger partial charge on any atom is 0.228 e. The monoisotopic (exact) mass is 501 g/mol. The Morgan fingerprint density at radius 1 is 0.730 bits per heavy atom. The quantitative estimate of drug-likeness (QED) is 0.381. The number of anilines is 3. The minimum absolute atomic E-state index is 0.0270. The van der Waals surface area contributed by atoms with Gasteiger partial charge in [-0.05, 0) is 36.4 Å². The van der Waals surface area contributed by atoms with Crippen LogP contribution in [0.4, 0.5) is 30.6 Å². The molecule has 7 nitrogen and oxygen atoms in total. The summed E-state index contributed by atoms with van der Waals surface area (Å²) in [6.45, 7) is 2.81. The number of piperazine rings is 1. The molecule has 1 fully saturated rings. The molecule has 0 unspecified atom stereocenters. The van der Waals surface area contributed by atoms with E-state index in [4.69, 9.17) is 10.7 Å². The molecular weight excluding hydrogens is 479 g/mol. The molecule has 1 aliphatic rings. The molecular formula is C27H22F3N7. The summed E-state index contributed by atoms with van der Waals surface area (Å²) in [5, 5.41) is 4.75. The van der Waals surface area contributed by atoms with Gasteiger partial charge in [0.05, 0.1) is 11.1 Å². The van der Waals surface area contributed by atoms with Crippen LogP contribution in [-0.2, 0) is 0 Å². The number of para-hydroxylation sites is 1. The predicted molar refractivity (Wildman–Crippen MR) is 137 cm³/mol. The van der Waals surface area contributed by atoms with Gasteiger partial charge in [0.15, 0.2) is 5.65 Å². The number of nitrogens with two attached hydrogens (primary N) is 1. The van der Waals surface area contributed by atoms with Gasteiger partial charge in [0.25, 0.3) is 0 Å². The number of benzene rings is 3. The molecule has 0 atom stereocenters. The van der Waals surface area contributed by atoms with E-state index in [9.17, 15) is 13.2 Å². The van der Waals surface area contributed by atoms with Crippen LogP contribution in [0, 0.1) is 17.5 Å². The minimum atomic E-state index is -0.696. The van der Waals surface area contributed by atoms with Crippen molar-refractivity contribution in [3.8, 4) is 16.9 Å². The molecule has 6 rings (SSSR count). The molecule has 10 heteroatoms. The lowest BCUT2D eigenvalue weighted by Crippen LogP contribution is -2.47. The molecule has 186 valence electrons. The highest BCUT2D eigenvalue weighted by Gasteiger charge is 2.25. The highest BCUT2D eigenvalue weighted by Crippen LogP contribution is 2.34. The Morgan fingerprint density at radius 3 is 2.22 bits per heavy atom. The average Bonchev–Trinajstić information content (AvgIpc) is 3.26. The van der Waals surface area contributed by atoms with Crippen molar-refractivity contribution in [3.05, 3.63) is 90.2 Å². The van der Waals surface area contributed by atoms with E-state index in [0.717, 1.165) is 41.7 Å². The van der Waals surface area contributed by atoms with Gasteiger partial charge in [-0.2, -0.15) is 4.98 Å². The smallest absolute Gasteiger partial charge is 0.228 e. The van der Waals surface area contributed by atoms with E-state index in [2.05, 4.69) is 27.1 Å². The van der Waals surface area contributed by atoms with Gasteiger partial charge in [-0.25, -0.2) is 22.8 Å². The van der Waals surface area contributed by atoms with Gasteiger partial charge < -0.3 is 15.5 Å². The molecule has 1 saturated heterocycles. The lowest BCUT2D eigenvalue weighted by molar-refractivity contribution is 0.588. The van der Waals surface area contributed by atoms with Crippen molar-refractivity contribution in [3.63, 3.8) is 0 Å². The zero-order valence-corrected chi connectivity index (χ0v) is 19.7. The molecule has 2 aromatic heterocycles. The zero-order chi connectivity index (χ0) is 25.5. The summed E-state index contributed by atoms with van der Waals surface area (Å²) >= 11 is 0. The van der Waals surface area contributed by atoms with E-state index in [1.54, 1.807) is 12.1 Å². The van der Waals surface area contributed by atoms with Crippen molar-refractivity contribution < 1.29 is 13.2 Å². The Bertz CT molecular complexity index is 1600. The van der Waals surface area contributed by atoms with E-state index in [1.807, 2.05) is 23.1 Å². The second-order valence-corrected chi connectivity index (χ2v) is 8.78. The SMILES string of the molecule is Nc1c2c(-c3cccc(F)c3)nc(N3CCN(c4ccccc4)CC3)nc2nn1-c1cc(F)ccc1F. The molecule has 37 heavy (non-hydrogen) atoms. The number of halogens is 3. The third kappa shape index (κ3) is 4.20. The number of nitrogen functional groups attached to an aromatic ring is 1. The third-order valence-corrected chi connectivity index (χ3v) is 6.48. The van der Waals surface area contributed by atoms with Crippen LogP contribution >= 0.6 is 0 Å². The molecule has 0 saturated carbocycles. The largest absolute Gasteiger partial charge is 0.383 e. The van der Waals surface area contributed by atoms with Crippen LogP contribution in [0.25, 0.3) is 28.0 Å². The summed E-state index contributed by atoms with van der Waals surface area (Å²) in [4.78, 5) is 13.7. The van der Waals surface area contributed by atoms with Crippen LogP contribution < -0.4 is 15.5 Å². The van der Waals surface area contributed by atoms with Crippen molar-refractivity contribution in [2.75, 3.05) is 41.7 Å². The lowest BCUT2D eigenvalue weighted by atomic mass is 10.1. The lowest BCUT2D eigenvalue weighted by Gasteiger charge is -2.36. The fourth-order valence-electron chi connectivity index (χ4n) is 4.62. The van der Waals surface area contributed by atoms with Crippen LogP contribution in [0.15, 0.2) is 72.8 Å². The molecule has 1 aliphatic heterocycles. The molecule has 3 aromatic carbocycles. The van der Waals surface area contributed by atoms with Gasteiger partial charge >= 0.3 is 0 Å². The first kappa shape index (κ1) is 22.8. The first-order chi connectivity index (χ1) is 18.0. The first-order valence-corrected chi connectivity index (χ1v) is 11.8. The Hall–Kier alpha value is -4.60. The number of nitrogens with zero attached hydrogens (tertiary/aromatic N) is 6. The molecule has 2 N–H and O–H groups in total. The average molecular weight is 502 g/mol. The second-order valence-electron chi connectivity index (χ2n) is 8.78. The van der Waals surface area contributed by atoms with Crippen LogP contribution in [0.3, 0.4) is 0 Å². The summed E-state index contributed by atoms with van der Waals surface area (Å²) in [6.07, 6.45) is 0. The van der Waals surface area contributed by atoms with Crippen molar-refractivity contribution in [1.29, 1.82) is 0 Å². The molecule has 0 bridgehead atoms. The van der Waals surface area contributed by atoms with Gasteiger partial charge in [0.2, 0.25) is 5.95 Å². The van der Waals surface area contributed by atoms with Crippen molar-refractivity contribution in [2.45, 2.75) is 0 Å². The summed E-state index contributed by atoms with van der Waals surface area (Å²) in [7, 11) is 0. The van der Waals surface area contributed by atoms with E-state index in [0.29, 0.717) is 35.7 Å². The number of hydrogen-bond acceptors (Lipinski definition) is 6. The second kappa shape index (κ2) is 9.12. The van der Waals surface area contributed by atoms with Crippen LogP contribution in [-0.4, -0.2) is 45.9 Å². The van der Waals surface area contributed by atoms with Crippen LogP contribution in [0.1, 0.15) is 0 Å². The fourth-order valence-corrected chi connectivity index (χ4v) is 4.62. The van der Waals surface area contributed by atoms with Gasteiger partial charge in [0.1, 0.15) is 29.0 Å². The number of hydrogen-bond donors (Lipinski definition) is 1. The molecule has 0 radical (unpaired) electrons. The molecule has 0 aliphatic carbocycles.